The first-order chi connectivity index (χ1) is 12.8. The molecule has 1 heterocycles. The van der Waals surface area contributed by atoms with Gasteiger partial charge in [0, 0.05) is 11.6 Å². The zero-order valence-corrected chi connectivity index (χ0v) is 16.4. The van der Waals surface area contributed by atoms with Crippen LogP contribution >= 0.6 is 0 Å². The maximum absolute atomic E-state index is 12.9. The van der Waals surface area contributed by atoms with Crippen LogP contribution in [0.2, 0.25) is 0 Å². The predicted octanol–water partition coefficient (Wildman–Crippen LogP) is 3.34. The van der Waals surface area contributed by atoms with Crippen molar-refractivity contribution in [1.29, 1.82) is 0 Å². The molecule has 144 valence electrons. The quantitative estimate of drug-likeness (QED) is 0.767. The Bertz CT molecular complexity index is 953. The van der Waals surface area contributed by atoms with Gasteiger partial charge in [-0.3, -0.25) is 4.79 Å². The Balaban J connectivity index is 1.92. The van der Waals surface area contributed by atoms with E-state index in [0.29, 0.717) is 30.3 Å². The van der Waals surface area contributed by atoms with Crippen LogP contribution in [0.5, 0.6) is 11.5 Å². The first-order valence-corrected chi connectivity index (χ1v) is 10.3. The molecule has 1 aliphatic rings. The summed E-state index contributed by atoms with van der Waals surface area (Å²) in [5.74, 6) is 1.09. The van der Waals surface area contributed by atoms with Crippen LogP contribution < -0.4 is 14.2 Å². The van der Waals surface area contributed by atoms with Gasteiger partial charge in [0.25, 0.3) is 0 Å². The van der Waals surface area contributed by atoms with E-state index in [0.717, 1.165) is 5.56 Å². The molecule has 2 aromatic carbocycles. The highest BCUT2D eigenvalue weighted by atomic mass is 32.2. The van der Waals surface area contributed by atoms with Crippen LogP contribution in [-0.4, -0.2) is 27.4 Å². The molecule has 0 bridgehead atoms. The third kappa shape index (κ3) is 4.31. The molecule has 0 amide bonds. The molecule has 0 radical (unpaired) electrons. The second-order valence-corrected chi connectivity index (χ2v) is 8.54. The van der Waals surface area contributed by atoms with E-state index < -0.39 is 16.1 Å². The van der Waals surface area contributed by atoms with Gasteiger partial charge >= 0.3 is 0 Å². The highest BCUT2D eigenvalue weighted by Gasteiger charge is 2.26. The molecule has 0 saturated heterocycles. The smallest absolute Gasteiger partial charge is 0.241 e. The van der Waals surface area contributed by atoms with Crippen molar-refractivity contribution < 1.29 is 22.7 Å². The van der Waals surface area contributed by atoms with Crippen molar-refractivity contribution in [3.63, 3.8) is 0 Å². The van der Waals surface area contributed by atoms with E-state index in [1.807, 2.05) is 26.0 Å². The van der Waals surface area contributed by atoms with Crippen LogP contribution in [0.1, 0.15) is 42.7 Å². The van der Waals surface area contributed by atoms with Gasteiger partial charge in [0.2, 0.25) is 10.0 Å². The lowest BCUT2D eigenvalue weighted by Gasteiger charge is -2.25. The molecular formula is C20H23NO5S. The monoisotopic (exact) mass is 389 g/mol. The average Bonchev–Trinajstić information content (AvgIpc) is 2.65. The summed E-state index contributed by atoms with van der Waals surface area (Å²) in [6.45, 7) is 6.25. The number of fused-ring (bicyclic) bond motifs is 1. The van der Waals surface area contributed by atoms with Gasteiger partial charge in [-0.2, -0.15) is 0 Å². The minimum atomic E-state index is -3.80. The van der Waals surface area contributed by atoms with E-state index in [1.165, 1.54) is 19.1 Å². The van der Waals surface area contributed by atoms with Crippen molar-refractivity contribution in [2.45, 2.75) is 31.7 Å². The molecular weight excluding hydrogens is 366 g/mol. The molecule has 27 heavy (non-hydrogen) atoms. The van der Waals surface area contributed by atoms with Crippen LogP contribution in [-0.2, 0) is 10.0 Å². The van der Waals surface area contributed by atoms with E-state index in [4.69, 9.17) is 9.47 Å². The first kappa shape index (κ1) is 19.4. The van der Waals surface area contributed by atoms with Gasteiger partial charge in [0.1, 0.15) is 13.2 Å². The van der Waals surface area contributed by atoms with E-state index in [-0.39, 0.29) is 16.6 Å². The van der Waals surface area contributed by atoms with Gasteiger partial charge in [-0.25, -0.2) is 13.1 Å². The van der Waals surface area contributed by atoms with Crippen LogP contribution in [0, 0.1) is 5.92 Å². The zero-order chi connectivity index (χ0) is 19.6. The first-order valence-electron chi connectivity index (χ1n) is 8.81. The summed E-state index contributed by atoms with van der Waals surface area (Å²) < 4.78 is 39.7. The van der Waals surface area contributed by atoms with Crippen LogP contribution in [0.3, 0.4) is 0 Å². The molecule has 0 aliphatic carbocycles. The predicted molar refractivity (Wildman–Crippen MR) is 102 cm³/mol. The Labute approximate surface area is 159 Å². The highest BCUT2D eigenvalue weighted by molar-refractivity contribution is 7.89. The summed E-state index contributed by atoms with van der Waals surface area (Å²) in [6.07, 6.45) is 0. The summed E-state index contributed by atoms with van der Waals surface area (Å²) in [7, 11) is -3.80. The number of carbonyl (C=O) groups excluding carboxylic acids is 1. The number of sulfonamides is 1. The van der Waals surface area contributed by atoms with Crippen LogP contribution in [0.25, 0.3) is 0 Å². The van der Waals surface area contributed by atoms with E-state index >= 15 is 0 Å². The summed E-state index contributed by atoms with van der Waals surface area (Å²) in [6, 6.07) is 11.0. The lowest BCUT2D eigenvalue weighted by atomic mass is 9.97. The summed E-state index contributed by atoms with van der Waals surface area (Å²) >= 11 is 0. The third-order valence-electron chi connectivity index (χ3n) is 4.42. The highest BCUT2D eigenvalue weighted by Crippen LogP contribution is 2.35. The van der Waals surface area contributed by atoms with Gasteiger partial charge in [-0.1, -0.05) is 32.0 Å². The molecule has 1 aliphatic heterocycles. The number of Topliss-reactive ketones (excluding diaryl/α,β-unsaturated/α-hetero) is 1. The fourth-order valence-electron chi connectivity index (χ4n) is 2.96. The van der Waals surface area contributed by atoms with Crippen LogP contribution in [0.4, 0.5) is 0 Å². The standard InChI is InChI=1S/C20H23NO5S/c1-13(2)20(16-7-8-18-19(12-16)26-10-9-25-18)21-27(23,24)17-6-4-5-15(11-17)14(3)22/h4-8,11-13,20-21H,9-10H2,1-3H3/t20-/m1/s1. The van der Waals surface area contributed by atoms with Crippen molar-refractivity contribution in [2.75, 3.05) is 13.2 Å². The van der Waals surface area contributed by atoms with E-state index in [2.05, 4.69) is 4.72 Å². The van der Waals surface area contributed by atoms with Crippen molar-refractivity contribution >= 4 is 15.8 Å². The van der Waals surface area contributed by atoms with Crippen molar-refractivity contribution in [3.8, 4) is 11.5 Å². The number of hydrogen-bond acceptors (Lipinski definition) is 5. The van der Waals surface area contributed by atoms with E-state index in [1.54, 1.807) is 18.2 Å². The third-order valence-corrected chi connectivity index (χ3v) is 5.86. The average molecular weight is 389 g/mol. The van der Waals surface area contributed by atoms with Crippen molar-refractivity contribution in [3.05, 3.63) is 53.6 Å². The van der Waals surface area contributed by atoms with Gasteiger partial charge < -0.3 is 9.47 Å². The van der Waals surface area contributed by atoms with Crippen molar-refractivity contribution in [2.24, 2.45) is 5.92 Å². The molecule has 7 heteroatoms. The molecule has 1 N–H and O–H groups in total. The zero-order valence-electron chi connectivity index (χ0n) is 15.6. The Kier molecular flexibility index (Phi) is 5.53. The fraction of sp³-hybridized carbons (Fsp3) is 0.350. The minimum Gasteiger partial charge on any atom is -0.486 e. The van der Waals surface area contributed by atoms with E-state index in [9.17, 15) is 13.2 Å². The lowest BCUT2D eigenvalue weighted by molar-refractivity contribution is 0.101. The molecule has 0 unspecified atom stereocenters. The molecule has 3 rings (SSSR count). The summed E-state index contributed by atoms with van der Waals surface area (Å²) in [5, 5.41) is 0. The fourth-order valence-corrected chi connectivity index (χ4v) is 4.38. The lowest BCUT2D eigenvalue weighted by Crippen LogP contribution is -2.32. The number of benzene rings is 2. The Hall–Kier alpha value is -2.38. The normalized spacial score (nSPS) is 14.8. The maximum Gasteiger partial charge on any atom is 0.241 e. The number of carbonyl (C=O) groups is 1. The second kappa shape index (κ2) is 7.70. The SMILES string of the molecule is CC(=O)c1cccc(S(=O)(=O)N[C@@H](c2ccc3c(c2)OCCO3)C(C)C)c1. The molecule has 1 atom stereocenters. The molecule has 6 nitrogen and oxygen atoms in total. The molecule has 0 fully saturated rings. The number of ketones is 1. The van der Waals surface area contributed by atoms with Gasteiger partial charge in [0.15, 0.2) is 17.3 Å². The Morgan fingerprint density at radius 3 is 2.41 bits per heavy atom. The minimum absolute atomic E-state index is 0.00155. The van der Waals surface area contributed by atoms with Crippen LogP contribution in [0.15, 0.2) is 47.4 Å². The molecule has 2 aromatic rings. The molecule has 0 saturated carbocycles. The summed E-state index contributed by atoms with van der Waals surface area (Å²) in [5.41, 5.74) is 1.15. The Morgan fingerprint density at radius 1 is 1.04 bits per heavy atom. The Morgan fingerprint density at radius 2 is 1.74 bits per heavy atom. The number of rotatable bonds is 6. The maximum atomic E-state index is 12.9. The van der Waals surface area contributed by atoms with Gasteiger partial charge in [0.05, 0.1) is 4.90 Å². The largest absolute Gasteiger partial charge is 0.486 e. The van der Waals surface area contributed by atoms with Gasteiger partial charge in [-0.15, -0.1) is 0 Å². The number of hydrogen-bond donors (Lipinski definition) is 1. The second-order valence-electron chi connectivity index (χ2n) is 6.83. The topological polar surface area (TPSA) is 81.7 Å². The van der Waals surface area contributed by atoms with Crippen molar-refractivity contribution in [1.82, 2.24) is 4.72 Å². The molecule has 0 aromatic heterocycles. The number of nitrogens with one attached hydrogen (secondary N) is 1. The number of ether oxygens (including phenoxy) is 2. The molecule has 0 spiro atoms. The summed E-state index contributed by atoms with van der Waals surface area (Å²) in [4.78, 5) is 11.6. The van der Waals surface area contributed by atoms with Gasteiger partial charge in [-0.05, 0) is 42.7 Å².